The van der Waals surface area contributed by atoms with E-state index in [4.69, 9.17) is 13.9 Å². The first-order valence-corrected chi connectivity index (χ1v) is 5.86. The van der Waals surface area contributed by atoms with Crippen molar-refractivity contribution in [1.82, 2.24) is 4.98 Å². The molecule has 0 saturated heterocycles. The molecule has 6 heteroatoms. The second kappa shape index (κ2) is 4.67. The van der Waals surface area contributed by atoms with Crippen LogP contribution >= 0.6 is 11.8 Å². The van der Waals surface area contributed by atoms with Crippen LogP contribution in [0.4, 0.5) is 0 Å². The second-order valence-corrected chi connectivity index (χ2v) is 4.81. The van der Waals surface area contributed by atoms with E-state index >= 15 is 0 Å². The van der Waals surface area contributed by atoms with E-state index in [2.05, 4.69) is 4.98 Å². The van der Waals surface area contributed by atoms with Gasteiger partial charge in [-0.05, 0) is 26.0 Å². The highest BCUT2D eigenvalue weighted by Gasteiger charge is 2.17. The molecule has 5 nitrogen and oxygen atoms in total. The standard InChI is InChI=1S/C11H11NO4S/c1-6-5-15-11(12-6)17-7(2)8-3-4-9(16-8)10(13)14/h3-5,7H,1-2H3,(H,13,14). The first kappa shape index (κ1) is 11.8. The van der Waals surface area contributed by atoms with Crippen LogP contribution in [0.25, 0.3) is 0 Å². The van der Waals surface area contributed by atoms with Crippen LogP contribution in [0.3, 0.4) is 0 Å². The van der Waals surface area contributed by atoms with E-state index in [9.17, 15) is 4.79 Å². The molecule has 0 fully saturated rings. The van der Waals surface area contributed by atoms with Gasteiger partial charge >= 0.3 is 5.97 Å². The van der Waals surface area contributed by atoms with Crippen LogP contribution in [-0.4, -0.2) is 16.1 Å². The number of aryl methyl sites for hydroxylation is 1. The Kier molecular flexibility index (Phi) is 3.23. The highest BCUT2D eigenvalue weighted by molar-refractivity contribution is 7.99. The van der Waals surface area contributed by atoms with Crippen LogP contribution in [0.15, 0.2) is 32.5 Å². The van der Waals surface area contributed by atoms with Gasteiger partial charge in [0.1, 0.15) is 12.0 Å². The molecule has 0 spiro atoms. The van der Waals surface area contributed by atoms with E-state index in [0.717, 1.165) is 5.69 Å². The van der Waals surface area contributed by atoms with Gasteiger partial charge in [-0.25, -0.2) is 9.78 Å². The van der Waals surface area contributed by atoms with Crippen LogP contribution in [0.2, 0.25) is 0 Å². The van der Waals surface area contributed by atoms with E-state index < -0.39 is 5.97 Å². The number of oxazole rings is 1. The topological polar surface area (TPSA) is 76.5 Å². The SMILES string of the molecule is Cc1coc(SC(C)c2ccc(C(=O)O)o2)n1. The van der Waals surface area contributed by atoms with Gasteiger partial charge in [0.05, 0.1) is 10.9 Å². The number of aromatic nitrogens is 1. The number of hydrogen-bond acceptors (Lipinski definition) is 5. The number of nitrogens with zero attached hydrogens (tertiary/aromatic N) is 1. The van der Waals surface area contributed by atoms with Crippen molar-refractivity contribution in [3.8, 4) is 0 Å². The second-order valence-electron chi connectivity index (χ2n) is 3.52. The Balaban J connectivity index is 2.08. The lowest BCUT2D eigenvalue weighted by molar-refractivity contribution is 0.0660. The Bertz CT molecular complexity index is 531. The van der Waals surface area contributed by atoms with Crippen LogP contribution < -0.4 is 0 Å². The fraction of sp³-hybridized carbons (Fsp3) is 0.273. The minimum absolute atomic E-state index is 0.0545. The summed E-state index contributed by atoms with van der Waals surface area (Å²) in [7, 11) is 0. The van der Waals surface area contributed by atoms with Gasteiger partial charge in [-0.15, -0.1) is 0 Å². The zero-order chi connectivity index (χ0) is 12.4. The molecule has 0 aliphatic rings. The summed E-state index contributed by atoms with van der Waals surface area (Å²) in [5.41, 5.74) is 0.811. The molecule has 0 bridgehead atoms. The first-order valence-electron chi connectivity index (χ1n) is 4.98. The molecule has 0 aliphatic heterocycles. The molecule has 2 aromatic heterocycles. The molecule has 1 atom stereocenters. The Morgan fingerprint density at radius 2 is 2.29 bits per heavy atom. The van der Waals surface area contributed by atoms with Crippen molar-refractivity contribution in [3.63, 3.8) is 0 Å². The summed E-state index contributed by atoms with van der Waals surface area (Å²) in [5.74, 6) is -0.542. The average Bonchev–Trinajstić information content (AvgIpc) is 2.86. The normalized spacial score (nSPS) is 12.6. The number of hydrogen-bond donors (Lipinski definition) is 1. The maximum atomic E-state index is 10.7. The van der Waals surface area contributed by atoms with Crippen molar-refractivity contribution >= 4 is 17.7 Å². The highest BCUT2D eigenvalue weighted by atomic mass is 32.2. The van der Waals surface area contributed by atoms with Gasteiger partial charge in [0.15, 0.2) is 0 Å². The predicted molar refractivity (Wildman–Crippen MR) is 61.2 cm³/mol. The Hall–Kier alpha value is -1.69. The summed E-state index contributed by atoms with van der Waals surface area (Å²) in [6, 6.07) is 3.09. The minimum Gasteiger partial charge on any atom is -0.475 e. The number of thioether (sulfide) groups is 1. The van der Waals surface area contributed by atoms with E-state index in [1.54, 1.807) is 12.3 Å². The molecule has 1 unspecified atom stereocenters. The Morgan fingerprint density at radius 3 is 2.82 bits per heavy atom. The van der Waals surface area contributed by atoms with Gasteiger partial charge in [-0.2, -0.15) is 0 Å². The number of rotatable bonds is 4. The maximum Gasteiger partial charge on any atom is 0.371 e. The van der Waals surface area contributed by atoms with Gasteiger partial charge in [-0.1, -0.05) is 11.8 Å². The molecule has 17 heavy (non-hydrogen) atoms. The molecule has 2 heterocycles. The lowest BCUT2D eigenvalue weighted by atomic mass is 10.3. The summed E-state index contributed by atoms with van der Waals surface area (Å²) in [6.45, 7) is 3.74. The summed E-state index contributed by atoms with van der Waals surface area (Å²) in [5, 5.41) is 9.23. The predicted octanol–water partition coefficient (Wildman–Crippen LogP) is 3.13. The van der Waals surface area contributed by atoms with Crippen molar-refractivity contribution in [2.24, 2.45) is 0 Å². The molecule has 2 aromatic rings. The van der Waals surface area contributed by atoms with Crippen molar-refractivity contribution < 1.29 is 18.7 Å². The maximum absolute atomic E-state index is 10.7. The molecule has 0 aromatic carbocycles. The van der Waals surface area contributed by atoms with Crippen molar-refractivity contribution in [3.05, 3.63) is 35.6 Å². The van der Waals surface area contributed by atoms with Crippen LogP contribution in [-0.2, 0) is 0 Å². The van der Waals surface area contributed by atoms with Gasteiger partial charge in [0.25, 0.3) is 5.22 Å². The molecule has 0 radical (unpaired) electrons. The third-order valence-electron chi connectivity index (χ3n) is 2.11. The van der Waals surface area contributed by atoms with E-state index in [1.807, 2.05) is 13.8 Å². The van der Waals surface area contributed by atoms with Gasteiger partial charge in [0.2, 0.25) is 5.76 Å². The molecule has 0 aliphatic carbocycles. The van der Waals surface area contributed by atoms with Gasteiger partial charge < -0.3 is 13.9 Å². The molecule has 90 valence electrons. The smallest absolute Gasteiger partial charge is 0.371 e. The number of carboxylic acids is 1. The zero-order valence-corrected chi connectivity index (χ0v) is 10.2. The third-order valence-corrected chi connectivity index (χ3v) is 3.09. The van der Waals surface area contributed by atoms with Crippen molar-refractivity contribution in [1.29, 1.82) is 0 Å². The van der Waals surface area contributed by atoms with E-state index in [1.165, 1.54) is 17.8 Å². The van der Waals surface area contributed by atoms with Crippen LogP contribution in [0.1, 0.15) is 34.2 Å². The monoisotopic (exact) mass is 253 g/mol. The Morgan fingerprint density at radius 1 is 1.53 bits per heavy atom. The fourth-order valence-corrected chi connectivity index (χ4v) is 2.13. The zero-order valence-electron chi connectivity index (χ0n) is 9.34. The lowest BCUT2D eigenvalue weighted by Crippen LogP contribution is -1.92. The number of carboxylic acid groups (broad SMARTS) is 1. The molecule has 0 saturated carbocycles. The molecule has 1 N–H and O–H groups in total. The Labute approximate surface area is 102 Å². The molecular weight excluding hydrogens is 242 g/mol. The molecule has 0 amide bonds. The number of furan rings is 1. The quantitative estimate of drug-likeness (QED) is 0.843. The minimum atomic E-state index is -1.07. The van der Waals surface area contributed by atoms with E-state index in [-0.39, 0.29) is 11.0 Å². The van der Waals surface area contributed by atoms with Crippen molar-refractivity contribution in [2.75, 3.05) is 0 Å². The summed E-state index contributed by atoms with van der Waals surface area (Å²) in [4.78, 5) is 14.8. The molecule has 2 rings (SSSR count). The van der Waals surface area contributed by atoms with Crippen LogP contribution in [0, 0.1) is 6.92 Å². The number of carbonyl (C=O) groups is 1. The largest absolute Gasteiger partial charge is 0.475 e. The summed E-state index contributed by atoms with van der Waals surface area (Å²) < 4.78 is 10.4. The third kappa shape index (κ3) is 2.71. The lowest BCUT2D eigenvalue weighted by Gasteiger charge is -2.03. The van der Waals surface area contributed by atoms with Gasteiger partial charge in [-0.3, -0.25) is 0 Å². The van der Waals surface area contributed by atoms with Crippen molar-refractivity contribution in [2.45, 2.75) is 24.3 Å². The van der Waals surface area contributed by atoms with E-state index in [0.29, 0.717) is 11.0 Å². The highest BCUT2D eigenvalue weighted by Crippen LogP contribution is 2.34. The first-order chi connectivity index (χ1) is 8.06. The number of aromatic carboxylic acids is 1. The van der Waals surface area contributed by atoms with Crippen LogP contribution in [0.5, 0.6) is 0 Å². The average molecular weight is 253 g/mol. The fourth-order valence-electron chi connectivity index (χ4n) is 1.28. The summed E-state index contributed by atoms with van der Waals surface area (Å²) in [6.07, 6.45) is 1.57. The molecular formula is C11H11NO4S. The van der Waals surface area contributed by atoms with Gasteiger partial charge in [0, 0.05) is 0 Å². The summed E-state index contributed by atoms with van der Waals surface area (Å²) >= 11 is 1.38.